The number of phenols is 1. The summed E-state index contributed by atoms with van der Waals surface area (Å²) < 4.78 is 0. The lowest BCUT2D eigenvalue weighted by molar-refractivity contribution is -0.121. The Morgan fingerprint density at radius 2 is 1.85 bits per heavy atom. The lowest BCUT2D eigenvalue weighted by Gasteiger charge is -2.33. The number of aryl methyl sites for hydroxylation is 1. The number of rotatable bonds is 3. The molecule has 0 aromatic heterocycles. The van der Waals surface area contributed by atoms with Gasteiger partial charge in [0.15, 0.2) is 5.11 Å². The largest absolute Gasteiger partial charge is 0.506 e. The number of thiocarbonyl (C=S) groups is 1. The molecule has 0 unspecified atom stereocenters. The normalized spacial score (nSPS) is 14.7. The Morgan fingerprint density at radius 3 is 2.54 bits per heavy atom. The van der Waals surface area contributed by atoms with Crippen LogP contribution >= 0.6 is 12.2 Å². The zero-order valence-electron chi connectivity index (χ0n) is 14.7. The third-order valence-electron chi connectivity index (χ3n) is 4.58. The highest BCUT2D eigenvalue weighted by molar-refractivity contribution is 7.80. The third-order valence-corrected chi connectivity index (χ3v) is 4.94. The monoisotopic (exact) mass is 369 g/mol. The van der Waals surface area contributed by atoms with Gasteiger partial charge in [0.05, 0.1) is 5.69 Å². The van der Waals surface area contributed by atoms with Crippen LogP contribution in [0.15, 0.2) is 48.5 Å². The van der Waals surface area contributed by atoms with Crippen molar-refractivity contribution in [3.05, 3.63) is 54.1 Å². The van der Waals surface area contributed by atoms with Crippen molar-refractivity contribution in [3.63, 3.8) is 0 Å². The number of carbonyl (C=O) groups excluding carboxylic acids is 1. The fourth-order valence-electron chi connectivity index (χ4n) is 3.08. The first-order valence-corrected chi connectivity index (χ1v) is 9.15. The van der Waals surface area contributed by atoms with Gasteiger partial charge in [-0.15, -0.1) is 0 Å². The molecular weight excluding hydrogens is 346 g/mol. The number of nitrogens with one attached hydrogen (secondary N) is 2. The van der Waals surface area contributed by atoms with Crippen LogP contribution in [0.5, 0.6) is 5.75 Å². The average molecular weight is 369 g/mol. The number of nitrogens with zero attached hydrogens (tertiary/aromatic N) is 1. The van der Waals surface area contributed by atoms with Crippen LogP contribution in [0.2, 0.25) is 0 Å². The number of para-hydroxylation sites is 2. The maximum atomic E-state index is 12.4. The summed E-state index contributed by atoms with van der Waals surface area (Å²) in [7, 11) is 0. The maximum absolute atomic E-state index is 12.4. The molecule has 136 valence electrons. The quantitative estimate of drug-likeness (QED) is 0.568. The van der Waals surface area contributed by atoms with E-state index in [1.807, 2.05) is 25.1 Å². The van der Waals surface area contributed by atoms with Crippen molar-refractivity contribution < 1.29 is 9.90 Å². The van der Waals surface area contributed by atoms with Crippen LogP contribution in [0.3, 0.4) is 0 Å². The second-order valence-electron chi connectivity index (χ2n) is 6.57. The van der Waals surface area contributed by atoms with E-state index >= 15 is 0 Å². The number of anilines is 2. The van der Waals surface area contributed by atoms with Gasteiger partial charge in [-0.3, -0.25) is 4.79 Å². The topological polar surface area (TPSA) is 64.6 Å². The summed E-state index contributed by atoms with van der Waals surface area (Å²) in [5.41, 5.74) is 2.61. The van der Waals surface area contributed by atoms with Crippen molar-refractivity contribution >= 4 is 34.6 Å². The Hall–Kier alpha value is -2.60. The summed E-state index contributed by atoms with van der Waals surface area (Å²) >= 11 is 5.51. The predicted molar refractivity (Wildman–Crippen MR) is 108 cm³/mol. The van der Waals surface area contributed by atoms with Crippen molar-refractivity contribution in [1.82, 2.24) is 4.90 Å². The van der Waals surface area contributed by atoms with Crippen LogP contribution < -0.4 is 10.6 Å². The van der Waals surface area contributed by atoms with Gasteiger partial charge in [0.1, 0.15) is 5.75 Å². The molecule has 26 heavy (non-hydrogen) atoms. The van der Waals surface area contributed by atoms with E-state index in [0.29, 0.717) is 10.8 Å². The van der Waals surface area contributed by atoms with Crippen molar-refractivity contribution in [1.29, 1.82) is 0 Å². The molecule has 1 amide bonds. The molecule has 0 bridgehead atoms. The fraction of sp³-hybridized carbons (Fsp3) is 0.300. The first-order chi connectivity index (χ1) is 12.5. The highest BCUT2D eigenvalue weighted by Gasteiger charge is 2.26. The summed E-state index contributed by atoms with van der Waals surface area (Å²) in [4.78, 5) is 14.5. The van der Waals surface area contributed by atoms with Crippen LogP contribution in [-0.4, -0.2) is 34.1 Å². The number of benzene rings is 2. The number of hydrogen-bond donors (Lipinski definition) is 3. The third kappa shape index (κ3) is 4.52. The average Bonchev–Trinajstić information content (AvgIpc) is 2.64. The molecule has 2 aromatic rings. The van der Waals surface area contributed by atoms with Crippen molar-refractivity contribution in [3.8, 4) is 5.75 Å². The highest BCUT2D eigenvalue weighted by Crippen LogP contribution is 2.25. The minimum atomic E-state index is -0.0763. The predicted octanol–water partition coefficient (Wildman–Crippen LogP) is 3.75. The zero-order chi connectivity index (χ0) is 18.5. The van der Waals surface area contributed by atoms with E-state index in [-0.39, 0.29) is 17.6 Å². The number of phenolic OH excluding ortho intramolecular Hbond substituents is 1. The van der Waals surface area contributed by atoms with Gasteiger partial charge in [0.25, 0.3) is 0 Å². The molecule has 1 fully saturated rings. The molecule has 6 heteroatoms. The summed E-state index contributed by atoms with van der Waals surface area (Å²) in [6.07, 6.45) is 1.46. The van der Waals surface area contributed by atoms with Gasteiger partial charge in [-0.1, -0.05) is 24.3 Å². The number of piperidine rings is 1. The number of hydrogen-bond acceptors (Lipinski definition) is 3. The van der Waals surface area contributed by atoms with Crippen LogP contribution in [0, 0.1) is 12.8 Å². The lowest BCUT2D eigenvalue weighted by Crippen LogP contribution is -2.43. The van der Waals surface area contributed by atoms with E-state index in [2.05, 4.69) is 21.6 Å². The lowest BCUT2D eigenvalue weighted by atomic mass is 9.96. The van der Waals surface area contributed by atoms with Gasteiger partial charge in [-0.2, -0.15) is 0 Å². The highest BCUT2D eigenvalue weighted by atomic mass is 32.1. The molecule has 1 aliphatic rings. The van der Waals surface area contributed by atoms with E-state index in [1.54, 1.807) is 24.3 Å². The first-order valence-electron chi connectivity index (χ1n) is 8.74. The Bertz CT molecular complexity index is 801. The first kappa shape index (κ1) is 18.2. The smallest absolute Gasteiger partial charge is 0.227 e. The van der Waals surface area contributed by atoms with Crippen molar-refractivity contribution in [2.75, 3.05) is 23.7 Å². The molecule has 5 nitrogen and oxygen atoms in total. The number of aromatic hydroxyl groups is 1. The van der Waals surface area contributed by atoms with Crippen molar-refractivity contribution in [2.45, 2.75) is 19.8 Å². The fourth-order valence-corrected chi connectivity index (χ4v) is 3.38. The standard InChI is InChI=1S/C20H23N3O2S/c1-14-5-4-6-16(13-14)21-20(26)23-11-9-15(10-12-23)19(25)22-17-7-2-3-8-18(17)24/h2-8,13,15,24H,9-12H2,1H3,(H,21,26)(H,22,25). The van der Waals surface area contributed by atoms with E-state index < -0.39 is 0 Å². The minimum absolute atomic E-state index is 0.0521. The molecule has 0 aliphatic carbocycles. The van der Waals surface area contributed by atoms with Gasteiger partial charge in [0, 0.05) is 24.7 Å². The van der Waals surface area contributed by atoms with Gasteiger partial charge >= 0.3 is 0 Å². The van der Waals surface area contributed by atoms with E-state index in [1.165, 1.54) is 5.56 Å². The summed E-state index contributed by atoms with van der Waals surface area (Å²) in [6.45, 7) is 3.51. The second-order valence-corrected chi connectivity index (χ2v) is 6.95. The van der Waals surface area contributed by atoms with Crippen LogP contribution in [0.1, 0.15) is 18.4 Å². The number of carbonyl (C=O) groups is 1. The molecule has 3 N–H and O–H groups in total. The molecule has 3 rings (SSSR count). The molecule has 0 saturated carbocycles. The van der Waals surface area contributed by atoms with Gasteiger partial charge in [0.2, 0.25) is 5.91 Å². The molecule has 0 spiro atoms. The van der Waals surface area contributed by atoms with Gasteiger partial charge in [-0.25, -0.2) is 0 Å². The summed E-state index contributed by atoms with van der Waals surface area (Å²) in [5, 5.41) is 16.6. The van der Waals surface area contributed by atoms with E-state index in [4.69, 9.17) is 12.2 Å². The van der Waals surface area contributed by atoms with E-state index in [9.17, 15) is 9.90 Å². The Balaban J connectivity index is 1.51. The Kier molecular flexibility index (Phi) is 5.73. The van der Waals surface area contributed by atoms with Crippen LogP contribution in [0.4, 0.5) is 11.4 Å². The van der Waals surface area contributed by atoms with Crippen molar-refractivity contribution in [2.24, 2.45) is 5.92 Å². The zero-order valence-corrected chi connectivity index (χ0v) is 15.6. The Morgan fingerprint density at radius 1 is 1.12 bits per heavy atom. The molecule has 0 radical (unpaired) electrons. The van der Waals surface area contributed by atoms with Crippen LogP contribution in [-0.2, 0) is 4.79 Å². The molecule has 1 aliphatic heterocycles. The summed E-state index contributed by atoms with van der Waals surface area (Å²) in [6, 6.07) is 14.9. The minimum Gasteiger partial charge on any atom is -0.506 e. The second kappa shape index (κ2) is 8.19. The number of amides is 1. The maximum Gasteiger partial charge on any atom is 0.227 e. The molecular formula is C20H23N3O2S. The molecule has 1 saturated heterocycles. The molecule has 1 heterocycles. The SMILES string of the molecule is Cc1cccc(NC(=S)N2CCC(C(=O)Nc3ccccc3O)CC2)c1. The Labute approximate surface area is 159 Å². The number of likely N-dealkylation sites (tertiary alicyclic amines) is 1. The summed E-state index contributed by atoms with van der Waals surface area (Å²) in [5.74, 6) is -0.0434. The van der Waals surface area contributed by atoms with E-state index in [0.717, 1.165) is 31.6 Å². The molecule has 2 aromatic carbocycles. The molecule has 0 atom stereocenters. The van der Waals surface area contributed by atoms with Crippen LogP contribution in [0.25, 0.3) is 0 Å². The van der Waals surface area contributed by atoms with Gasteiger partial charge in [-0.05, 0) is 61.8 Å². The van der Waals surface area contributed by atoms with Gasteiger partial charge < -0.3 is 20.6 Å².